The van der Waals surface area contributed by atoms with Crippen molar-refractivity contribution in [3.8, 4) is 0 Å². The number of piperidine rings is 1. The summed E-state index contributed by atoms with van der Waals surface area (Å²) in [5.41, 5.74) is 0.755. The van der Waals surface area contributed by atoms with Crippen LogP contribution in [0.4, 0.5) is 4.79 Å². The summed E-state index contributed by atoms with van der Waals surface area (Å²) in [6.07, 6.45) is 5.66. The van der Waals surface area contributed by atoms with Crippen molar-refractivity contribution < 1.29 is 9.53 Å². The van der Waals surface area contributed by atoms with Crippen molar-refractivity contribution in [1.82, 2.24) is 15.2 Å². The molecule has 0 aromatic carbocycles. The third kappa shape index (κ3) is 5.64. The van der Waals surface area contributed by atoms with Gasteiger partial charge in [-0.05, 0) is 57.7 Å². The summed E-state index contributed by atoms with van der Waals surface area (Å²) < 4.78 is 5.46. The van der Waals surface area contributed by atoms with Crippen molar-refractivity contribution in [2.75, 3.05) is 19.6 Å². The second-order valence-corrected chi connectivity index (χ2v) is 6.93. The normalized spacial score (nSPS) is 19.0. The summed E-state index contributed by atoms with van der Waals surface area (Å²) in [5, 5.41) is 3.46. The van der Waals surface area contributed by atoms with Gasteiger partial charge < -0.3 is 15.0 Å². The first-order valence-electron chi connectivity index (χ1n) is 8.01. The largest absolute Gasteiger partial charge is 0.444 e. The van der Waals surface area contributed by atoms with E-state index in [1.165, 1.54) is 5.56 Å². The topological polar surface area (TPSA) is 54.5 Å². The molecule has 122 valence electrons. The number of nitrogens with zero attached hydrogens (tertiary/aromatic N) is 2. The molecule has 5 heteroatoms. The van der Waals surface area contributed by atoms with Crippen LogP contribution in [0.3, 0.4) is 0 Å². The summed E-state index contributed by atoms with van der Waals surface area (Å²) in [4.78, 5) is 18.1. The SMILES string of the molecule is CC(C)(C)OC(=O)N1CCCC(CNCc2cccnc2)C1. The van der Waals surface area contributed by atoms with E-state index in [-0.39, 0.29) is 6.09 Å². The average Bonchev–Trinajstić information content (AvgIpc) is 2.47. The number of rotatable bonds is 4. The Balaban J connectivity index is 1.75. The Morgan fingerprint density at radius 3 is 3.00 bits per heavy atom. The molecule has 1 atom stereocenters. The highest BCUT2D eigenvalue weighted by Crippen LogP contribution is 2.19. The fraction of sp³-hybridized carbons (Fsp3) is 0.647. The van der Waals surface area contributed by atoms with Gasteiger partial charge in [-0.3, -0.25) is 4.98 Å². The van der Waals surface area contributed by atoms with Crippen LogP contribution in [0.2, 0.25) is 0 Å². The van der Waals surface area contributed by atoms with Crippen LogP contribution >= 0.6 is 0 Å². The molecule has 1 unspecified atom stereocenters. The van der Waals surface area contributed by atoms with Crippen molar-refractivity contribution in [2.24, 2.45) is 5.92 Å². The second-order valence-electron chi connectivity index (χ2n) is 6.93. The maximum Gasteiger partial charge on any atom is 0.410 e. The second kappa shape index (κ2) is 7.58. The molecule has 1 aliphatic heterocycles. The minimum Gasteiger partial charge on any atom is -0.444 e. The van der Waals surface area contributed by atoms with Crippen LogP contribution in [0.15, 0.2) is 24.5 Å². The van der Waals surface area contributed by atoms with Crippen molar-refractivity contribution >= 4 is 6.09 Å². The van der Waals surface area contributed by atoms with Gasteiger partial charge in [0.2, 0.25) is 0 Å². The lowest BCUT2D eigenvalue weighted by Crippen LogP contribution is -2.45. The van der Waals surface area contributed by atoms with E-state index in [1.54, 1.807) is 6.20 Å². The molecule has 0 radical (unpaired) electrons. The van der Waals surface area contributed by atoms with Crippen molar-refractivity contribution in [2.45, 2.75) is 45.8 Å². The highest BCUT2D eigenvalue weighted by atomic mass is 16.6. The first-order valence-corrected chi connectivity index (χ1v) is 8.01. The van der Waals surface area contributed by atoms with Crippen molar-refractivity contribution in [1.29, 1.82) is 0 Å². The molecule has 0 saturated carbocycles. The van der Waals surface area contributed by atoms with Gasteiger partial charge in [-0.1, -0.05) is 6.07 Å². The molecule has 5 nitrogen and oxygen atoms in total. The molecule has 0 bridgehead atoms. The number of ether oxygens (including phenoxy) is 1. The number of likely N-dealkylation sites (tertiary alicyclic amines) is 1. The van der Waals surface area contributed by atoms with E-state index >= 15 is 0 Å². The van der Waals surface area contributed by atoms with Gasteiger partial charge in [-0.15, -0.1) is 0 Å². The molecule has 1 N–H and O–H groups in total. The predicted octanol–water partition coefficient (Wildman–Crippen LogP) is 2.82. The molecular weight excluding hydrogens is 278 g/mol. The van der Waals surface area contributed by atoms with Crippen LogP contribution in [0.5, 0.6) is 0 Å². The van der Waals surface area contributed by atoms with Crippen LogP contribution in [-0.2, 0) is 11.3 Å². The van der Waals surface area contributed by atoms with Crippen LogP contribution in [0, 0.1) is 5.92 Å². The standard InChI is InChI=1S/C17H27N3O2/c1-17(2,3)22-16(21)20-9-5-7-15(13-20)12-19-11-14-6-4-8-18-10-14/h4,6,8,10,15,19H,5,7,9,11-13H2,1-3H3. The number of carbonyl (C=O) groups is 1. The number of aromatic nitrogens is 1. The minimum atomic E-state index is -0.428. The smallest absolute Gasteiger partial charge is 0.410 e. The lowest BCUT2D eigenvalue weighted by atomic mass is 9.98. The lowest BCUT2D eigenvalue weighted by molar-refractivity contribution is 0.0166. The third-order valence-corrected chi connectivity index (χ3v) is 3.66. The highest BCUT2D eigenvalue weighted by molar-refractivity contribution is 5.68. The number of hydrogen-bond donors (Lipinski definition) is 1. The molecule has 22 heavy (non-hydrogen) atoms. The maximum atomic E-state index is 12.1. The summed E-state index contributed by atoms with van der Waals surface area (Å²) in [6, 6.07) is 4.01. The molecule has 1 aliphatic rings. The lowest BCUT2D eigenvalue weighted by Gasteiger charge is -2.34. The van der Waals surface area contributed by atoms with Gasteiger partial charge in [-0.25, -0.2) is 4.79 Å². The van der Waals surface area contributed by atoms with Crippen molar-refractivity contribution in [3.05, 3.63) is 30.1 Å². The molecule has 0 aliphatic carbocycles. The summed E-state index contributed by atoms with van der Waals surface area (Å²) in [7, 11) is 0. The summed E-state index contributed by atoms with van der Waals surface area (Å²) >= 11 is 0. The zero-order chi connectivity index (χ0) is 16.0. The minimum absolute atomic E-state index is 0.190. The zero-order valence-electron chi connectivity index (χ0n) is 13.8. The first-order chi connectivity index (χ1) is 10.4. The molecule has 1 amide bonds. The maximum absolute atomic E-state index is 12.1. The zero-order valence-corrected chi connectivity index (χ0v) is 13.8. The predicted molar refractivity (Wildman–Crippen MR) is 86.5 cm³/mol. The monoisotopic (exact) mass is 305 g/mol. The Morgan fingerprint density at radius 2 is 2.32 bits per heavy atom. The van der Waals surface area contributed by atoms with E-state index in [1.807, 2.05) is 37.9 Å². The number of hydrogen-bond acceptors (Lipinski definition) is 4. The van der Waals surface area contributed by atoms with E-state index in [4.69, 9.17) is 4.74 Å². The molecule has 1 aromatic rings. The van der Waals surface area contributed by atoms with E-state index in [9.17, 15) is 4.79 Å². The fourth-order valence-electron chi connectivity index (χ4n) is 2.65. The Labute approximate surface area is 133 Å². The Hall–Kier alpha value is -1.62. The van der Waals surface area contributed by atoms with E-state index in [0.717, 1.165) is 39.0 Å². The van der Waals surface area contributed by atoms with Gasteiger partial charge >= 0.3 is 6.09 Å². The molecule has 0 spiro atoms. The van der Waals surface area contributed by atoms with Gasteiger partial charge in [0, 0.05) is 32.0 Å². The molecule has 1 saturated heterocycles. The van der Waals surface area contributed by atoms with Gasteiger partial charge in [0.1, 0.15) is 5.60 Å². The Kier molecular flexibility index (Phi) is 5.77. The van der Waals surface area contributed by atoms with Crippen LogP contribution in [-0.4, -0.2) is 41.2 Å². The van der Waals surface area contributed by atoms with Crippen LogP contribution in [0.25, 0.3) is 0 Å². The summed E-state index contributed by atoms with van der Waals surface area (Å²) in [6.45, 7) is 9.01. The Bertz CT molecular complexity index is 471. The molecule has 1 aromatic heterocycles. The van der Waals surface area contributed by atoms with E-state index in [2.05, 4.69) is 16.4 Å². The number of pyridine rings is 1. The number of amides is 1. The van der Waals surface area contributed by atoms with Crippen LogP contribution in [0.1, 0.15) is 39.2 Å². The summed E-state index contributed by atoms with van der Waals surface area (Å²) in [5.74, 6) is 0.484. The molecule has 2 heterocycles. The molecule has 1 fully saturated rings. The third-order valence-electron chi connectivity index (χ3n) is 3.66. The Morgan fingerprint density at radius 1 is 1.50 bits per heavy atom. The van der Waals surface area contributed by atoms with E-state index in [0.29, 0.717) is 5.92 Å². The molecular formula is C17H27N3O2. The fourth-order valence-corrected chi connectivity index (χ4v) is 2.65. The van der Waals surface area contributed by atoms with Gasteiger partial charge in [0.05, 0.1) is 0 Å². The first kappa shape index (κ1) is 16.7. The average molecular weight is 305 g/mol. The van der Waals surface area contributed by atoms with Gasteiger partial charge in [-0.2, -0.15) is 0 Å². The molecule has 2 rings (SSSR count). The van der Waals surface area contributed by atoms with Gasteiger partial charge in [0.15, 0.2) is 0 Å². The van der Waals surface area contributed by atoms with Gasteiger partial charge in [0.25, 0.3) is 0 Å². The highest BCUT2D eigenvalue weighted by Gasteiger charge is 2.27. The van der Waals surface area contributed by atoms with Crippen LogP contribution < -0.4 is 5.32 Å². The number of carbonyl (C=O) groups excluding carboxylic acids is 1. The quantitative estimate of drug-likeness (QED) is 0.929. The van der Waals surface area contributed by atoms with E-state index < -0.39 is 5.60 Å². The number of nitrogens with one attached hydrogen (secondary N) is 1. The van der Waals surface area contributed by atoms with Crippen molar-refractivity contribution in [3.63, 3.8) is 0 Å².